The van der Waals surface area contributed by atoms with Crippen molar-refractivity contribution in [1.29, 1.82) is 0 Å². The number of aryl methyl sites for hydroxylation is 1. The molecule has 1 aliphatic rings. The van der Waals surface area contributed by atoms with Crippen LogP contribution < -0.4 is 15.4 Å². The molecule has 3 aromatic rings. The summed E-state index contributed by atoms with van der Waals surface area (Å²) in [5.74, 6) is 0.304. The van der Waals surface area contributed by atoms with E-state index in [4.69, 9.17) is 4.74 Å². The quantitative estimate of drug-likeness (QED) is 0.646. The van der Waals surface area contributed by atoms with Gasteiger partial charge in [-0.3, -0.25) is 4.79 Å². The molecular formula is C22H24N4O3S. The molecule has 0 radical (unpaired) electrons. The van der Waals surface area contributed by atoms with Gasteiger partial charge in [0.25, 0.3) is 0 Å². The normalized spacial score (nSPS) is 16.3. The number of anilines is 2. The molecule has 1 atom stereocenters. The van der Waals surface area contributed by atoms with Crippen LogP contribution in [0.4, 0.5) is 15.6 Å². The average Bonchev–Trinajstić information content (AvgIpc) is 3.16. The van der Waals surface area contributed by atoms with Crippen LogP contribution in [0.3, 0.4) is 0 Å². The molecule has 0 aliphatic carbocycles. The van der Waals surface area contributed by atoms with E-state index in [0.717, 1.165) is 34.3 Å². The molecular weight excluding hydrogens is 400 g/mol. The number of amides is 3. The van der Waals surface area contributed by atoms with Gasteiger partial charge < -0.3 is 20.3 Å². The highest BCUT2D eigenvalue weighted by Crippen LogP contribution is 2.32. The number of thiazole rings is 1. The Labute approximate surface area is 179 Å². The number of benzene rings is 2. The van der Waals surface area contributed by atoms with Crippen molar-refractivity contribution >= 4 is 44.3 Å². The lowest BCUT2D eigenvalue weighted by Crippen LogP contribution is -2.45. The summed E-state index contributed by atoms with van der Waals surface area (Å²) >= 11 is 1.41. The van der Waals surface area contributed by atoms with E-state index in [-0.39, 0.29) is 17.9 Å². The molecule has 1 unspecified atom stereocenters. The number of methoxy groups -OCH3 is 1. The SMILES string of the molecule is COc1cccc2sc(NC(=O)C3CCCN(C(=O)Nc4cccc(C)c4)C3)nc12. The van der Waals surface area contributed by atoms with E-state index in [9.17, 15) is 9.59 Å². The summed E-state index contributed by atoms with van der Waals surface area (Å²) in [5, 5.41) is 6.39. The van der Waals surface area contributed by atoms with Gasteiger partial charge in [-0.2, -0.15) is 0 Å². The van der Waals surface area contributed by atoms with E-state index in [1.807, 2.05) is 49.4 Å². The monoisotopic (exact) mass is 424 g/mol. The lowest BCUT2D eigenvalue weighted by Gasteiger charge is -2.31. The van der Waals surface area contributed by atoms with Crippen molar-refractivity contribution in [3.05, 3.63) is 48.0 Å². The van der Waals surface area contributed by atoms with Gasteiger partial charge >= 0.3 is 6.03 Å². The second kappa shape index (κ2) is 8.71. The molecule has 1 fully saturated rings. The predicted octanol–water partition coefficient (Wildman–Crippen LogP) is 4.50. The molecule has 0 bridgehead atoms. The predicted molar refractivity (Wildman–Crippen MR) is 119 cm³/mol. The van der Waals surface area contributed by atoms with Gasteiger partial charge in [-0.05, 0) is 49.6 Å². The second-order valence-electron chi connectivity index (χ2n) is 7.40. The molecule has 1 aliphatic heterocycles. The Bertz CT molecular complexity index is 1080. The topological polar surface area (TPSA) is 83.6 Å². The first-order valence-electron chi connectivity index (χ1n) is 9.90. The summed E-state index contributed by atoms with van der Waals surface area (Å²) in [4.78, 5) is 31.7. The number of aromatic nitrogens is 1. The number of likely N-dealkylation sites (tertiary alicyclic amines) is 1. The Kier molecular flexibility index (Phi) is 5.85. The van der Waals surface area contributed by atoms with Gasteiger partial charge in [-0.15, -0.1) is 0 Å². The number of ether oxygens (including phenoxy) is 1. The number of carbonyl (C=O) groups is 2. The smallest absolute Gasteiger partial charge is 0.321 e. The van der Waals surface area contributed by atoms with E-state index in [1.54, 1.807) is 12.0 Å². The highest BCUT2D eigenvalue weighted by Gasteiger charge is 2.29. The number of nitrogens with one attached hydrogen (secondary N) is 2. The van der Waals surface area contributed by atoms with Crippen molar-refractivity contribution in [2.24, 2.45) is 5.92 Å². The number of hydrogen-bond donors (Lipinski definition) is 2. The minimum atomic E-state index is -0.268. The van der Waals surface area contributed by atoms with Crippen LogP contribution in [-0.2, 0) is 4.79 Å². The number of para-hydroxylation sites is 1. The van der Waals surface area contributed by atoms with Crippen LogP contribution in [0.15, 0.2) is 42.5 Å². The van der Waals surface area contributed by atoms with Crippen LogP contribution in [0.5, 0.6) is 5.75 Å². The highest BCUT2D eigenvalue weighted by molar-refractivity contribution is 7.22. The summed E-state index contributed by atoms with van der Waals surface area (Å²) in [6.07, 6.45) is 1.53. The van der Waals surface area contributed by atoms with Gasteiger partial charge in [-0.25, -0.2) is 9.78 Å². The van der Waals surface area contributed by atoms with Gasteiger partial charge in [0.15, 0.2) is 5.13 Å². The zero-order chi connectivity index (χ0) is 21.1. The maximum absolute atomic E-state index is 12.8. The number of urea groups is 1. The third-order valence-corrected chi connectivity index (χ3v) is 6.12. The molecule has 0 spiro atoms. The number of fused-ring (bicyclic) bond motifs is 1. The molecule has 8 heteroatoms. The summed E-state index contributed by atoms with van der Waals surface area (Å²) in [6, 6.07) is 13.2. The highest BCUT2D eigenvalue weighted by atomic mass is 32.1. The molecule has 156 valence electrons. The van der Waals surface area contributed by atoms with Gasteiger partial charge in [0.2, 0.25) is 5.91 Å². The Morgan fingerprint density at radius 2 is 2.03 bits per heavy atom. The van der Waals surface area contributed by atoms with Crippen LogP contribution in [0.1, 0.15) is 18.4 Å². The molecule has 2 heterocycles. The Balaban J connectivity index is 1.40. The molecule has 4 rings (SSSR count). The number of carbonyl (C=O) groups excluding carboxylic acids is 2. The van der Waals surface area contributed by atoms with Crippen molar-refractivity contribution < 1.29 is 14.3 Å². The number of nitrogens with zero attached hydrogens (tertiary/aromatic N) is 2. The minimum Gasteiger partial charge on any atom is -0.494 e. The van der Waals surface area contributed by atoms with Gasteiger partial charge in [0, 0.05) is 18.8 Å². The number of rotatable bonds is 4. The fraction of sp³-hybridized carbons (Fsp3) is 0.318. The Morgan fingerprint density at radius 1 is 1.20 bits per heavy atom. The fourth-order valence-electron chi connectivity index (χ4n) is 3.65. The largest absolute Gasteiger partial charge is 0.494 e. The lowest BCUT2D eigenvalue weighted by molar-refractivity contribution is -0.121. The van der Waals surface area contributed by atoms with E-state index < -0.39 is 0 Å². The van der Waals surface area contributed by atoms with E-state index in [2.05, 4.69) is 15.6 Å². The maximum atomic E-state index is 12.8. The van der Waals surface area contributed by atoms with Crippen molar-refractivity contribution in [3.63, 3.8) is 0 Å². The Hall–Kier alpha value is -3.13. The number of piperidine rings is 1. The van der Waals surface area contributed by atoms with Crippen LogP contribution in [-0.4, -0.2) is 42.0 Å². The molecule has 3 amide bonds. The third kappa shape index (κ3) is 4.38. The summed E-state index contributed by atoms with van der Waals surface area (Å²) < 4.78 is 6.29. The molecule has 30 heavy (non-hydrogen) atoms. The molecule has 7 nitrogen and oxygen atoms in total. The molecule has 1 aromatic heterocycles. The summed E-state index contributed by atoms with van der Waals surface area (Å²) in [7, 11) is 1.60. The van der Waals surface area contributed by atoms with Crippen LogP contribution >= 0.6 is 11.3 Å². The first-order valence-corrected chi connectivity index (χ1v) is 10.7. The van der Waals surface area contributed by atoms with Crippen LogP contribution in [0.25, 0.3) is 10.2 Å². The van der Waals surface area contributed by atoms with Gasteiger partial charge in [0.1, 0.15) is 11.3 Å². The molecule has 0 saturated carbocycles. The lowest BCUT2D eigenvalue weighted by atomic mass is 9.97. The molecule has 2 aromatic carbocycles. The summed E-state index contributed by atoms with van der Waals surface area (Å²) in [6.45, 7) is 3.01. The first-order chi connectivity index (χ1) is 14.5. The zero-order valence-corrected chi connectivity index (χ0v) is 17.8. The fourth-order valence-corrected chi connectivity index (χ4v) is 4.54. The second-order valence-corrected chi connectivity index (χ2v) is 8.43. The average molecular weight is 425 g/mol. The first kappa shape index (κ1) is 20.2. The van der Waals surface area contributed by atoms with Crippen molar-refractivity contribution in [2.45, 2.75) is 19.8 Å². The van der Waals surface area contributed by atoms with Crippen molar-refractivity contribution in [3.8, 4) is 5.75 Å². The number of hydrogen-bond acceptors (Lipinski definition) is 5. The van der Waals surface area contributed by atoms with E-state index >= 15 is 0 Å². The van der Waals surface area contributed by atoms with Crippen molar-refractivity contribution in [1.82, 2.24) is 9.88 Å². The third-order valence-electron chi connectivity index (χ3n) is 5.18. The van der Waals surface area contributed by atoms with Crippen LogP contribution in [0.2, 0.25) is 0 Å². The van der Waals surface area contributed by atoms with E-state index in [0.29, 0.717) is 24.0 Å². The Morgan fingerprint density at radius 3 is 2.83 bits per heavy atom. The zero-order valence-electron chi connectivity index (χ0n) is 17.0. The standard InChI is InChI=1S/C22H24N4O3S/c1-14-6-3-8-16(12-14)23-22(28)26-11-5-7-15(13-26)20(27)25-21-24-19-17(29-2)9-4-10-18(19)30-21/h3-4,6,8-10,12,15H,5,7,11,13H2,1-2H3,(H,23,28)(H,24,25,27). The van der Waals surface area contributed by atoms with Crippen LogP contribution in [0, 0.1) is 12.8 Å². The minimum absolute atomic E-state index is 0.110. The van der Waals surface area contributed by atoms with Gasteiger partial charge in [0.05, 0.1) is 17.7 Å². The summed E-state index contributed by atoms with van der Waals surface area (Å²) in [5.41, 5.74) is 2.58. The van der Waals surface area contributed by atoms with Crippen molar-refractivity contribution in [2.75, 3.05) is 30.8 Å². The molecule has 2 N–H and O–H groups in total. The van der Waals surface area contributed by atoms with E-state index in [1.165, 1.54) is 11.3 Å². The maximum Gasteiger partial charge on any atom is 0.321 e. The molecule has 1 saturated heterocycles. The van der Waals surface area contributed by atoms with Gasteiger partial charge in [-0.1, -0.05) is 29.5 Å².